The first-order chi connectivity index (χ1) is 9.05. The summed E-state index contributed by atoms with van der Waals surface area (Å²) in [5.74, 6) is -0.0839. The summed E-state index contributed by atoms with van der Waals surface area (Å²) in [6.45, 7) is 2.82. The summed E-state index contributed by atoms with van der Waals surface area (Å²) >= 11 is 0. The fourth-order valence-electron chi connectivity index (χ4n) is 2.55. The van der Waals surface area contributed by atoms with Crippen molar-refractivity contribution in [3.63, 3.8) is 0 Å². The van der Waals surface area contributed by atoms with Crippen molar-refractivity contribution in [3.05, 3.63) is 29.6 Å². The van der Waals surface area contributed by atoms with Gasteiger partial charge in [0.1, 0.15) is 0 Å². The highest BCUT2D eigenvalue weighted by Crippen LogP contribution is 2.29. The summed E-state index contributed by atoms with van der Waals surface area (Å²) in [5, 5.41) is 0. The van der Waals surface area contributed by atoms with Crippen molar-refractivity contribution in [2.24, 2.45) is 5.73 Å². The number of ether oxygens (including phenoxy) is 2. The van der Waals surface area contributed by atoms with E-state index in [-0.39, 0.29) is 23.2 Å². The quantitative estimate of drug-likeness (QED) is 0.912. The SMILES string of the molecule is COc1ccc(CC(N)C2(C)CCCCO2)cc1F. The molecule has 1 aliphatic heterocycles. The van der Waals surface area contributed by atoms with E-state index in [4.69, 9.17) is 15.2 Å². The van der Waals surface area contributed by atoms with Crippen molar-refractivity contribution >= 4 is 0 Å². The van der Waals surface area contributed by atoms with Gasteiger partial charge >= 0.3 is 0 Å². The highest BCUT2D eigenvalue weighted by Gasteiger charge is 2.34. The number of methoxy groups -OCH3 is 1. The van der Waals surface area contributed by atoms with E-state index in [1.54, 1.807) is 6.07 Å². The molecule has 0 aromatic heterocycles. The van der Waals surface area contributed by atoms with Crippen LogP contribution >= 0.6 is 0 Å². The van der Waals surface area contributed by atoms with Gasteiger partial charge in [0.15, 0.2) is 11.6 Å². The van der Waals surface area contributed by atoms with Crippen LogP contribution in [0, 0.1) is 5.82 Å². The van der Waals surface area contributed by atoms with E-state index in [2.05, 4.69) is 6.92 Å². The van der Waals surface area contributed by atoms with Crippen molar-refractivity contribution in [2.45, 2.75) is 44.2 Å². The second kappa shape index (κ2) is 5.88. The maximum atomic E-state index is 13.6. The van der Waals surface area contributed by atoms with Crippen molar-refractivity contribution < 1.29 is 13.9 Å². The first-order valence-electron chi connectivity index (χ1n) is 6.77. The molecule has 3 nitrogen and oxygen atoms in total. The third-order valence-electron chi connectivity index (χ3n) is 3.96. The topological polar surface area (TPSA) is 44.5 Å². The molecule has 19 heavy (non-hydrogen) atoms. The number of hydrogen-bond acceptors (Lipinski definition) is 3. The van der Waals surface area contributed by atoms with Gasteiger partial charge in [-0.3, -0.25) is 0 Å². The Bertz CT molecular complexity index is 430. The molecular weight excluding hydrogens is 245 g/mol. The molecule has 1 heterocycles. The van der Waals surface area contributed by atoms with E-state index in [0.29, 0.717) is 6.42 Å². The van der Waals surface area contributed by atoms with Crippen LogP contribution in [-0.4, -0.2) is 25.4 Å². The van der Waals surface area contributed by atoms with Crippen LogP contribution in [0.5, 0.6) is 5.75 Å². The Balaban J connectivity index is 2.05. The third kappa shape index (κ3) is 3.25. The lowest BCUT2D eigenvalue weighted by molar-refractivity contribution is -0.0808. The van der Waals surface area contributed by atoms with Crippen LogP contribution in [0.1, 0.15) is 31.7 Å². The highest BCUT2D eigenvalue weighted by atomic mass is 19.1. The highest BCUT2D eigenvalue weighted by molar-refractivity contribution is 5.30. The smallest absolute Gasteiger partial charge is 0.165 e. The van der Waals surface area contributed by atoms with Gasteiger partial charge in [0.2, 0.25) is 0 Å². The predicted molar refractivity (Wildman–Crippen MR) is 72.8 cm³/mol. The largest absolute Gasteiger partial charge is 0.494 e. The molecule has 0 amide bonds. The summed E-state index contributed by atoms with van der Waals surface area (Å²) in [7, 11) is 1.46. The maximum Gasteiger partial charge on any atom is 0.165 e. The minimum atomic E-state index is -0.345. The molecule has 0 aliphatic carbocycles. The average Bonchev–Trinajstić information content (AvgIpc) is 2.40. The molecule has 0 saturated carbocycles. The van der Waals surface area contributed by atoms with Gasteiger partial charge in [-0.25, -0.2) is 4.39 Å². The second-order valence-corrected chi connectivity index (χ2v) is 5.40. The minimum Gasteiger partial charge on any atom is -0.494 e. The molecule has 2 unspecified atom stereocenters. The molecule has 2 atom stereocenters. The molecule has 1 aromatic carbocycles. The molecule has 0 radical (unpaired) electrons. The molecule has 2 N–H and O–H groups in total. The zero-order valence-corrected chi connectivity index (χ0v) is 11.6. The number of hydrogen-bond donors (Lipinski definition) is 1. The third-order valence-corrected chi connectivity index (χ3v) is 3.96. The minimum absolute atomic E-state index is 0.124. The monoisotopic (exact) mass is 267 g/mol. The molecule has 1 saturated heterocycles. The van der Waals surface area contributed by atoms with Crippen LogP contribution in [0.3, 0.4) is 0 Å². The van der Waals surface area contributed by atoms with E-state index in [9.17, 15) is 4.39 Å². The van der Waals surface area contributed by atoms with Crippen molar-refractivity contribution in [1.82, 2.24) is 0 Å². The Morgan fingerprint density at radius 2 is 2.26 bits per heavy atom. The van der Waals surface area contributed by atoms with Crippen LogP contribution < -0.4 is 10.5 Å². The van der Waals surface area contributed by atoms with Gasteiger partial charge in [-0.1, -0.05) is 6.07 Å². The van der Waals surface area contributed by atoms with E-state index in [1.165, 1.54) is 13.2 Å². The lowest BCUT2D eigenvalue weighted by atomic mass is 9.85. The first-order valence-corrected chi connectivity index (χ1v) is 6.77. The van der Waals surface area contributed by atoms with E-state index in [0.717, 1.165) is 31.4 Å². The summed E-state index contributed by atoms with van der Waals surface area (Å²) in [6, 6.07) is 4.86. The summed E-state index contributed by atoms with van der Waals surface area (Å²) in [4.78, 5) is 0. The van der Waals surface area contributed by atoms with Gasteiger partial charge in [0, 0.05) is 12.6 Å². The van der Waals surface area contributed by atoms with Gasteiger partial charge in [-0.2, -0.15) is 0 Å². The summed E-state index contributed by atoms with van der Waals surface area (Å²) < 4.78 is 24.4. The lowest BCUT2D eigenvalue weighted by Crippen LogP contribution is -2.50. The van der Waals surface area contributed by atoms with E-state index >= 15 is 0 Å². The Labute approximate surface area is 113 Å². The standard InChI is InChI=1S/C15H22FNO2/c1-15(7-3-4-8-19-15)14(17)10-11-5-6-13(18-2)12(16)9-11/h5-6,9,14H,3-4,7-8,10,17H2,1-2H3. The zero-order chi connectivity index (χ0) is 13.9. The molecule has 1 aliphatic rings. The van der Waals surface area contributed by atoms with Gasteiger partial charge < -0.3 is 15.2 Å². The van der Waals surface area contributed by atoms with Crippen LogP contribution in [0.25, 0.3) is 0 Å². The molecule has 0 spiro atoms. The molecular formula is C15H22FNO2. The zero-order valence-electron chi connectivity index (χ0n) is 11.6. The lowest BCUT2D eigenvalue weighted by Gasteiger charge is -2.39. The fraction of sp³-hybridized carbons (Fsp3) is 0.600. The number of halogens is 1. The summed E-state index contributed by atoms with van der Waals surface area (Å²) in [6.07, 6.45) is 3.81. The van der Waals surface area contributed by atoms with Gasteiger partial charge in [0.25, 0.3) is 0 Å². The van der Waals surface area contributed by atoms with Gasteiger partial charge in [0.05, 0.1) is 12.7 Å². The maximum absolute atomic E-state index is 13.6. The van der Waals surface area contributed by atoms with Gasteiger partial charge in [-0.05, 0) is 50.3 Å². The van der Waals surface area contributed by atoms with Crippen molar-refractivity contribution in [1.29, 1.82) is 0 Å². The molecule has 2 rings (SSSR count). The van der Waals surface area contributed by atoms with Crippen LogP contribution in [0.4, 0.5) is 4.39 Å². The Hall–Kier alpha value is -1.13. The Morgan fingerprint density at radius 1 is 1.47 bits per heavy atom. The van der Waals surface area contributed by atoms with E-state index < -0.39 is 0 Å². The van der Waals surface area contributed by atoms with Crippen LogP contribution in [0.15, 0.2) is 18.2 Å². The predicted octanol–water partition coefficient (Wildman–Crippen LogP) is 2.66. The number of rotatable bonds is 4. The summed E-state index contributed by atoms with van der Waals surface area (Å²) in [5.41, 5.74) is 6.84. The molecule has 106 valence electrons. The Morgan fingerprint density at radius 3 is 2.84 bits per heavy atom. The second-order valence-electron chi connectivity index (χ2n) is 5.40. The Kier molecular flexibility index (Phi) is 4.42. The normalized spacial score (nSPS) is 25.1. The molecule has 0 bridgehead atoms. The van der Waals surface area contributed by atoms with Crippen molar-refractivity contribution in [3.8, 4) is 5.75 Å². The van der Waals surface area contributed by atoms with Crippen LogP contribution in [-0.2, 0) is 11.2 Å². The average molecular weight is 267 g/mol. The number of benzene rings is 1. The van der Waals surface area contributed by atoms with Crippen molar-refractivity contribution in [2.75, 3.05) is 13.7 Å². The molecule has 1 aromatic rings. The van der Waals surface area contributed by atoms with Crippen LogP contribution in [0.2, 0.25) is 0 Å². The fourth-order valence-corrected chi connectivity index (χ4v) is 2.55. The first kappa shape index (κ1) is 14.3. The van der Waals surface area contributed by atoms with E-state index in [1.807, 2.05) is 6.07 Å². The molecule has 1 fully saturated rings. The van der Waals surface area contributed by atoms with Gasteiger partial charge in [-0.15, -0.1) is 0 Å². The number of nitrogens with two attached hydrogens (primary N) is 1. The molecule has 4 heteroatoms.